The number of carbonyl (C=O) groups excluding carboxylic acids is 2. The van der Waals surface area contributed by atoms with Crippen molar-refractivity contribution in [3.63, 3.8) is 0 Å². The lowest BCUT2D eigenvalue weighted by molar-refractivity contribution is -0.123. The maximum atomic E-state index is 13.9. The summed E-state index contributed by atoms with van der Waals surface area (Å²) in [7, 11) is -3.98. The third kappa shape index (κ3) is 4.55. The zero-order valence-electron chi connectivity index (χ0n) is 18.0. The number of rotatable bonds is 4. The summed E-state index contributed by atoms with van der Waals surface area (Å²) >= 11 is 0. The molecule has 33 heavy (non-hydrogen) atoms. The molecule has 2 aromatic rings. The minimum absolute atomic E-state index is 0.0156. The SMILES string of the molecule is Cc1cc2c(cc1S(=O)(=O)N1CCCC(C(=O)Nc3cc(F)ccc3F)C1)OC(C)C(=O)N2. The highest BCUT2D eigenvalue weighted by Gasteiger charge is 2.35. The quantitative estimate of drug-likeness (QED) is 0.702. The summed E-state index contributed by atoms with van der Waals surface area (Å²) in [6.07, 6.45) is 0.0725. The maximum absolute atomic E-state index is 13.9. The van der Waals surface area contributed by atoms with Gasteiger partial charge in [-0.25, -0.2) is 17.2 Å². The number of hydrogen-bond acceptors (Lipinski definition) is 5. The van der Waals surface area contributed by atoms with Crippen LogP contribution < -0.4 is 15.4 Å². The van der Waals surface area contributed by atoms with Gasteiger partial charge in [0.25, 0.3) is 5.91 Å². The van der Waals surface area contributed by atoms with Crippen LogP contribution in [0.2, 0.25) is 0 Å². The number of nitrogens with zero attached hydrogens (tertiary/aromatic N) is 1. The molecule has 11 heteroatoms. The van der Waals surface area contributed by atoms with Crippen molar-refractivity contribution in [2.45, 2.75) is 37.7 Å². The van der Waals surface area contributed by atoms with Crippen LogP contribution in [0, 0.1) is 24.5 Å². The van der Waals surface area contributed by atoms with Gasteiger partial charge in [-0.05, 0) is 50.5 Å². The number of aryl methyl sites for hydroxylation is 1. The Morgan fingerprint density at radius 3 is 2.76 bits per heavy atom. The number of amides is 2. The van der Waals surface area contributed by atoms with Gasteiger partial charge in [-0.1, -0.05) is 0 Å². The number of hydrogen-bond donors (Lipinski definition) is 2. The first kappa shape index (κ1) is 23.1. The monoisotopic (exact) mass is 479 g/mol. The van der Waals surface area contributed by atoms with Crippen LogP contribution in [-0.2, 0) is 19.6 Å². The standard InChI is InChI=1S/C22H23F2N3O5S/c1-12-8-18-19(32-13(2)21(28)26-18)10-20(12)33(30,31)27-7-3-4-14(11-27)22(29)25-17-9-15(23)5-6-16(17)24/h5-6,8-10,13-14H,3-4,7,11H2,1-2H3,(H,25,29)(H,26,28). The number of benzene rings is 2. The number of anilines is 2. The lowest BCUT2D eigenvalue weighted by Gasteiger charge is -2.32. The van der Waals surface area contributed by atoms with E-state index in [0.29, 0.717) is 24.1 Å². The van der Waals surface area contributed by atoms with Gasteiger partial charge < -0.3 is 15.4 Å². The molecule has 2 aliphatic rings. The number of halogens is 2. The fraction of sp³-hybridized carbons (Fsp3) is 0.364. The second kappa shape index (κ2) is 8.71. The van der Waals surface area contributed by atoms with E-state index in [4.69, 9.17) is 4.74 Å². The smallest absolute Gasteiger partial charge is 0.265 e. The summed E-state index contributed by atoms with van der Waals surface area (Å²) in [6.45, 7) is 3.28. The predicted octanol–water partition coefficient (Wildman–Crippen LogP) is 3.03. The van der Waals surface area contributed by atoms with Crippen molar-refractivity contribution in [3.05, 3.63) is 47.5 Å². The summed E-state index contributed by atoms with van der Waals surface area (Å²) in [5.41, 5.74) is 0.516. The highest BCUT2D eigenvalue weighted by Crippen LogP contribution is 2.36. The van der Waals surface area contributed by atoms with Crippen molar-refractivity contribution < 1.29 is 31.5 Å². The van der Waals surface area contributed by atoms with Crippen LogP contribution in [-0.4, -0.2) is 43.7 Å². The predicted molar refractivity (Wildman–Crippen MR) is 116 cm³/mol. The van der Waals surface area contributed by atoms with Gasteiger partial charge in [-0.15, -0.1) is 0 Å². The van der Waals surface area contributed by atoms with E-state index in [1.807, 2.05) is 0 Å². The first-order valence-electron chi connectivity index (χ1n) is 10.4. The Morgan fingerprint density at radius 1 is 1.24 bits per heavy atom. The van der Waals surface area contributed by atoms with Crippen LogP contribution in [0.5, 0.6) is 5.75 Å². The van der Waals surface area contributed by atoms with E-state index >= 15 is 0 Å². The molecule has 1 saturated heterocycles. The zero-order valence-corrected chi connectivity index (χ0v) is 18.8. The van der Waals surface area contributed by atoms with Gasteiger partial charge in [-0.2, -0.15) is 4.31 Å². The van der Waals surface area contributed by atoms with Gasteiger partial charge in [-0.3, -0.25) is 9.59 Å². The van der Waals surface area contributed by atoms with Crippen LogP contribution in [0.15, 0.2) is 35.2 Å². The molecule has 2 N–H and O–H groups in total. The molecule has 0 radical (unpaired) electrons. The largest absolute Gasteiger partial charge is 0.479 e. The molecule has 2 aromatic carbocycles. The van der Waals surface area contributed by atoms with E-state index in [2.05, 4.69) is 10.6 Å². The lowest BCUT2D eigenvalue weighted by atomic mass is 9.98. The molecule has 2 unspecified atom stereocenters. The van der Waals surface area contributed by atoms with E-state index in [9.17, 15) is 26.8 Å². The molecule has 0 aromatic heterocycles. The first-order valence-corrected chi connectivity index (χ1v) is 11.9. The van der Waals surface area contributed by atoms with Crippen molar-refractivity contribution in [2.75, 3.05) is 23.7 Å². The number of carbonyl (C=O) groups is 2. The molecule has 8 nitrogen and oxygen atoms in total. The first-order chi connectivity index (χ1) is 15.6. The number of ether oxygens (including phenoxy) is 1. The zero-order chi connectivity index (χ0) is 23.9. The molecule has 1 fully saturated rings. The molecule has 176 valence electrons. The third-order valence-corrected chi connectivity index (χ3v) is 7.77. The lowest BCUT2D eigenvalue weighted by Crippen LogP contribution is -2.44. The minimum Gasteiger partial charge on any atom is -0.479 e. The van der Waals surface area contributed by atoms with Crippen molar-refractivity contribution in [1.29, 1.82) is 0 Å². The molecule has 2 atom stereocenters. The molecule has 0 aliphatic carbocycles. The normalized spacial score (nSPS) is 21.0. The van der Waals surface area contributed by atoms with Gasteiger partial charge in [0.1, 0.15) is 17.4 Å². The minimum atomic E-state index is -3.98. The Bertz CT molecular complexity index is 1230. The highest BCUT2D eigenvalue weighted by molar-refractivity contribution is 7.89. The topological polar surface area (TPSA) is 105 Å². The maximum Gasteiger partial charge on any atom is 0.265 e. The fourth-order valence-electron chi connectivity index (χ4n) is 3.96. The Kier molecular flexibility index (Phi) is 6.10. The van der Waals surface area contributed by atoms with Gasteiger partial charge in [0.15, 0.2) is 6.10 Å². The Balaban J connectivity index is 1.55. The molecule has 0 bridgehead atoms. The summed E-state index contributed by atoms with van der Waals surface area (Å²) in [6, 6.07) is 5.64. The van der Waals surface area contributed by atoms with Gasteiger partial charge >= 0.3 is 0 Å². The fourth-order valence-corrected chi connectivity index (χ4v) is 5.71. The number of fused-ring (bicyclic) bond motifs is 1. The second-order valence-corrected chi connectivity index (χ2v) is 10.1. The number of nitrogens with one attached hydrogen (secondary N) is 2. The van der Waals surface area contributed by atoms with Crippen LogP contribution in [0.4, 0.5) is 20.2 Å². The van der Waals surface area contributed by atoms with E-state index in [-0.39, 0.29) is 35.3 Å². The van der Waals surface area contributed by atoms with E-state index < -0.39 is 39.6 Å². The molecular weight excluding hydrogens is 456 g/mol. The second-order valence-electron chi connectivity index (χ2n) is 8.18. The average molecular weight is 480 g/mol. The van der Waals surface area contributed by atoms with Gasteiger partial charge in [0.2, 0.25) is 15.9 Å². The average Bonchev–Trinajstić information content (AvgIpc) is 2.77. The van der Waals surface area contributed by atoms with Crippen LogP contribution in [0.1, 0.15) is 25.3 Å². The highest BCUT2D eigenvalue weighted by atomic mass is 32.2. The van der Waals surface area contributed by atoms with Crippen LogP contribution in [0.25, 0.3) is 0 Å². The molecular formula is C22H23F2N3O5S. The van der Waals surface area contributed by atoms with Crippen LogP contribution >= 0.6 is 0 Å². The Morgan fingerprint density at radius 2 is 2.00 bits per heavy atom. The van der Waals surface area contributed by atoms with Crippen molar-refractivity contribution >= 4 is 33.2 Å². The van der Waals surface area contributed by atoms with E-state index in [1.54, 1.807) is 13.8 Å². The van der Waals surface area contributed by atoms with Crippen molar-refractivity contribution in [1.82, 2.24) is 4.31 Å². The Hall–Kier alpha value is -3.05. The van der Waals surface area contributed by atoms with Crippen molar-refractivity contribution in [2.24, 2.45) is 5.92 Å². The summed E-state index contributed by atoms with van der Waals surface area (Å²) in [4.78, 5) is 24.5. The van der Waals surface area contributed by atoms with Crippen molar-refractivity contribution in [3.8, 4) is 5.75 Å². The van der Waals surface area contributed by atoms with E-state index in [0.717, 1.165) is 18.2 Å². The molecule has 2 heterocycles. The number of sulfonamides is 1. The molecule has 2 aliphatic heterocycles. The van der Waals surface area contributed by atoms with E-state index in [1.165, 1.54) is 16.4 Å². The summed E-state index contributed by atoms with van der Waals surface area (Å²) < 4.78 is 60.9. The molecule has 2 amide bonds. The summed E-state index contributed by atoms with van der Waals surface area (Å²) in [5, 5.41) is 5.04. The van der Waals surface area contributed by atoms with Crippen LogP contribution in [0.3, 0.4) is 0 Å². The van der Waals surface area contributed by atoms with Gasteiger partial charge in [0.05, 0.1) is 22.2 Å². The van der Waals surface area contributed by atoms with Gasteiger partial charge in [0, 0.05) is 25.2 Å². The molecule has 4 rings (SSSR count). The number of piperidine rings is 1. The molecule has 0 spiro atoms. The summed E-state index contributed by atoms with van der Waals surface area (Å²) in [5.74, 6) is -2.87. The third-order valence-electron chi connectivity index (χ3n) is 5.77. The molecule has 0 saturated carbocycles. The Labute approximate surface area is 190 Å².